The molecule has 0 fully saturated rings. The molecule has 0 aromatic carbocycles. The number of aryl methyl sites for hydroxylation is 1. The molecule has 1 heterocycles. The number of nitrogens with zero attached hydrogens (tertiary/aromatic N) is 1. The van der Waals surface area contributed by atoms with Crippen LogP contribution in [0.3, 0.4) is 0 Å². The number of aliphatic hydroxyl groups excluding tert-OH is 1. The Hall–Kier alpha value is -1.85. The van der Waals surface area contributed by atoms with Gasteiger partial charge in [-0.05, 0) is 0 Å². The number of hydrogen-bond acceptors (Lipinski definition) is 3. The molecule has 0 spiro atoms. The van der Waals surface area contributed by atoms with E-state index in [0.717, 1.165) is 43.4 Å². The molecule has 0 radical (unpaired) electrons. The van der Waals surface area contributed by atoms with Gasteiger partial charge in [-0.1, -0.05) is 0 Å². The van der Waals surface area contributed by atoms with Crippen molar-refractivity contribution in [1.82, 2.24) is 9.88 Å². The minimum atomic E-state index is -0.599. The Bertz CT molecular complexity index is 736. The number of pyridine rings is 1. The van der Waals surface area contributed by atoms with Crippen molar-refractivity contribution < 1.29 is 9.90 Å². The van der Waals surface area contributed by atoms with Gasteiger partial charge in [0.15, 0.2) is 0 Å². The van der Waals surface area contributed by atoms with E-state index in [-0.39, 0.29) is 29.1 Å². The first-order chi connectivity index (χ1) is 13.3. The quantitative estimate of drug-likeness (QED) is 0.540. The summed E-state index contributed by atoms with van der Waals surface area (Å²) >= 11 is 0. The first-order valence-corrected chi connectivity index (χ1v) is 10.7. The molecule has 0 unspecified atom stereocenters. The van der Waals surface area contributed by atoms with E-state index < -0.39 is 5.54 Å². The number of hydrogen-bond donors (Lipinski definition) is 2. The molecule has 156 valence electrons. The molecule has 2 N–H and O–H groups in total. The summed E-state index contributed by atoms with van der Waals surface area (Å²) in [6, 6.07) is 1.77. The first-order valence-electron chi connectivity index (χ1n) is 10.7. The standard InChI is InChI=1S/C22H37BN2O3/c1-6-11-13-25-18(12-7-2)16(8-3)14-17(21(25)28)20(27)24-22(9-4,10-5)15-19(23)26/h14,23,26H,6-13,15H2,1-5H3,(H,24,27). The van der Waals surface area contributed by atoms with Crippen LogP contribution in [0.1, 0.15) is 94.8 Å². The van der Waals surface area contributed by atoms with Gasteiger partial charge < -0.3 is 0 Å². The average molecular weight is 388 g/mol. The molecule has 1 amide bonds. The van der Waals surface area contributed by atoms with Crippen LogP contribution in [-0.2, 0) is 19.4 Å². The number of carbonyl (C=O) groups is 1. The van der Waals surface area contributed by atoms with Crippen LogP contribution in [0.4, 0.5) is 0 Å². The minimum absolute atomic E-state index is 0.0388. The van der Waals surface area contributed by atoms with E-state index >= 15 is 0 Å². The van der Waals surface area contributed by atoms with E-state index in [1.165, 1.54) is 0 Å². The molecule has 0 atom stereocenters. The number of aromatic nitrogens is 1. The van der Waals surface area contributed by atoms with Crippen molar-refractivity contribution in [3.63, 3.8) is 0 Å². The Morgan fingerprint density at radius 3 is 2.29 bits per heavy atom. The van der Waals surface area contributed by atoms with Crippen LogP contribution in [0.5, 0.6) is 0 Å². The van der Waals surface area contributed by atoms with Gasteiger partial charge in [-0.25, -0.2) is 0 Å². The molecule has 0 aliphatic heterocycles. The molecule has 1 rings (SSSR count). The Balaban J connectivity index is 3.44. The normalized spacial score (nSPS) is 11.4. The predicted octanol–water partition coefficient (Wildman–Crippen LogP) is 3.25. The molecule has 28 heavy (non-hydrogen) atoms. The number of rotatable bonds is 12. The molecule has 0 saturated heterocycles. The van der Waals surface area contributed by atoms with Crippen molar-refractivity contribution in [2.75, 3.05) is 0 Å². The number of unbranched alkanes of at least 4 members (excludes halogenated alkanes) is 1. The van der Waals surface area contributed by atoms with Gasteiger partial charge in [0.2, 0.25) is 0 Å². The fraction of sp³-hybridized carbons (Fsp3) is 0.682. The second-order valence-corrected chi connectivity index (χ2v) is 7.63. The van der Waals surface area contributed by atoms with Gasteiger partial charge in [0, 0.05) is 0 Å². The molecule has 0 aliphatic rings. The molecule has 1 aromatic rings. The fourth-order valence-corrected chi connectivity index (χ4v) is 3.73. The van der Waals surface area contributed by atoms with Gasteiger partial charge in [0.05, 0.1) is 0 Å². The van der Waals surface area contributed by atoms with Crippen LogP contribution in [0.2, 0.25) is 0 Å². The van der Waals surface area contributed by atoms with Crippen molar-refractivity contribution in [3.05, 3.63) is 33.2 Å². The summed E-state index contributed by atoms with van der Waals surface area (Å²) < 4.78 is 1.81. The molecular formula is C22H37BN2O3. The van der Waals surface area contributed by atoms with Crippen molar-refractivity contribution in [2.45, 2.75) is 98.1 Å². The van der Waals surface area contributed by atoms with Gasteiger partial charge in [-0.15, -0.1) is 0 Å². The van der Waals surface area contributed by atoms with Gasteiger partial charge in [0.25, 0.3) is 0 Å². The van der Waals surface area contributed by atoms with Crippen LogP contribution < -0.4 is 10.9 Å². The van der Waals surface area contributed by atoms with Crippen molar-refractivity contribution in [1.29, 1.82) is 0 Å². The summed E-state index contributed by atoms with van der Waals surface area (Å²) in [5.74, 6) is -0.363. The zero-order chi connectivity index (χ0) is 21.3. The number of nitrogens with one attached hydrogen (secondary N) is 1. The van der Waals surface area contributed by atoms with Gasteiger partial charge in [-0.3, -0.25) is 0 Å². The molecule has 6 heteroatoms. The zero-order valence-corrected chi connectivity index (χ0v) is 18.4. The Morgan fingerprint density at radius 2 is 1.82 bits per heavy atom. The van der Waals surface area contributed by atoms with Crippen LogP contribution in [0.25, 0.3) is 0 Å². The summed E-state index contributed by atoms with van der Waals surface area (Å²) in [4.78, 5) is 26.3. The summed E-state index contributed by atoms with van der Waals surface area (Å²) in [5, 5.41) is 12.7. The Morgan fingerprint density at radius 1 is 1.18 bits per heavy atom. The number of aliphatic hydroxyl groups is 1. The predicted molar refractivity (Wildman–Crippen MR) is 118 cm³/mol. The van der Waals surface area contributed by atoms with E-state index in [0.29, 0.717) is 19.4 Å². The second-order valence-electron chi connectivity index (χ2n) is 7.63. The Labute approximate surface area is 170 Å². The van der Waals surface area contributed by atoms with Crippen LogP contribution in [-0.4, -0.2) is 34.3 Å². The number of amides is 1. The third-order valence-electron chi connectivity index (χ3n) is 5.61. The van der Waals surface area contributed by atoms with Crippen LogP contribution >= 0.6 is 0 Å². The summed E-state index contributed by atoms with van der Waals surface area (Å²) in [6.45, 7) is 10.8. The second kappa shape index (κ2) is 11.2. The zero-order valence-electron chi connectivity index (χ0n) is 18.4. The third kappa shape index (κ3) is 5.82. The molecule has 0 aliphatic carbocycles. The van der Waals surface area contributed by atoms with Crippen LogP contribution in [0.15, 0.2) is 10.9 Å². The molecular weight excluding hydrogens is 351 g/mol. The molecule has 5 nitrogen and oxygen atoms in total. The molecule has 0 saturated carbocycles. The van der Waals surface area contributed by atoms with E-state index in [4.69, 9.17) is 0 Å². The van der Waals surface area contributed by atoms with Crippen molar-refractivity contribution >= 4 is 19.0 Å². The van der Waals surface area contributed by atoms with E-state index in [2.05, 4.69) is 33.6 Å². The fourth-order valence-electron chi connectivity index (χ4n) is 3.73. The summed E-state index contributed by atoms with van der Waals surface area (Å²) in [6.07, 6.45) is 6.04. The summed E-state index contributed by atoms with van der Waals surface area (Å²) in [5.41, 5.74) is 1.54. The molecule has 0 bridgehead atoms. The van der Waals surface area contributed by atoms with E-state index in [1.54, 1.807) is 6.07 Å². The average Bonchev–Trinajstić information content (AvgIpc) is 2.66. The number of carbonyl (C=O) groups excluding carboxylic acids is 1. The maximum absolute atomic E-state index is 13.2. The van der Waals surface area contributed by atoms with Gasteiger partial charge >= 0.3 is 170 Å². The van der Waals surface area contributed by atoms with E-state index in [1.807, 2.05) is 18.4 Å². The van der Waals surface area contributed by atoms with Crippen molar-refractivity contribution in [2.24, 2.45) is 0 Å². The van der Waals surface area contributed by atoms with Gasteiger partial charge in [-0.2, -0.15) is 0 Å². The monoisotopic (exact) mass is 388 g/mol. The Kier molecular flexibility index (Phi) is 9.70. The van der Waals surface area contributed by atoms with Crippen LogP contribution in [0, 0.1) is 0 Å². The molecule has 1 aromatic heterocycles. The third-order valence-corrected chi connectivity index (χ3v) is 5.61. The summed E-state index contributed by atoms with van der Waals surface area (Å²) in [7, 11) is 3.58. The maximum atomic E-state index is 13.2. The van der Waals surface area contributed by atoms with Gasteiger partial charge in [0.1, 0.15) is 0 Å². The van der Waals surface area contributed by atoms with Crippen molar-refractivity contribution in [3.8, 4) is 0 Å². The first kappa shape index (κ1) is 24.2. The SMILES string of the molecule is B=C(O)CC(CC)(CC)NC(=O)c1cc(CC)c(CCC)n(CCCC)c1=O. The topological polar surface area (TPSA) is 71.3 Å². The van der Waals surface area contributed by atoms with E-state index in [9.17, 15) is 14.7 Å².